The van der Waals surface area contributed by atoms with Crippen molar-refractivity contribution < 1.29 is 9.84 Å². The van der Waals surface area contributed by atoms with Crippen LogP contribution in [-0.4, -0.2) is 53.7 Å². The van der Waals surface area contributed by atoms with E-state index in [0.717, 1.165) is 12.4 Å². The summed E-state index contributed by atoms with van der Waals surface area (Å²) in [6, 6.07) is 1.74. The van der Waals surface area contributed by atoms with Crippen LogP contribution in [0, 0.1) is 0 Å². The van der Waals surface area contributed by atoms with Crippen LogP contribution in [0.2, 0.25) is 5.15 Å². The predicted octanol–water partition coefficient (Wildman–Crippen LogP) is 1.05. The van der Waals surface area contributed by atoms with Crippen molar-refractivity contribution in [3.8, 4) is 0 Å². The molecular formula is C10H14ClN3O2S. The van der Waals surface area contributed by atoms with Crippen LogP contribution in [0.4, 0.5) is 5.82 Å². The molecule has 17 heavy (non-hydrogen) atoms. The molecule has 0 bridgehead atoms. The largest absolute Gasteiger partial charge is 0.394 e. The number of aliphatic hydroxyl groups is 1. The lowest BCUT2D eigenvalue weighted by molar-refractivity contribution is 0.00333. The number of thioether (sulfide) groups is 1. The average molecular weight is 276 g/mol. The van der Waals surface area contributed by atoms with Gasteiger partial charge in [0.15, 0.2) is 5.16 Å². The lowest BCUT2D eigenvalue weighted by Gasteiger charge is -2.32. The van der Waals surface area contributed by atoms with E-state index in [-0.39, 0.29) is 12.7 Å². The number of aliphatic hydroxyl groups excluding tert-OH is 1. The normalized spacial score (nSPS) is 20.6. The SMILES string of the molecule is CSc1nc(Cl)cc(N2CCOC(CO)C2)n1. The second kappa shape index (κ2) is 5.86. The summed E-state index contributed by atoms with van der Waals surface area (Å²) < 4.78 is 5.39. The van der Waals surface area contributed by atoms with Gasteiger partial charge in [0.05, 0.1) is 19.3 Å². The zero-order valence-electron chi connectivity index (χ0n) is 9.47. The molecule has 0 spiro atoms. The van der Waals surface area contributed by atoms with Crippen LogP contribution in [0.3, 0.4) is 0 Å². The molecule has 94 valence electrons. The van der Waals surface area contributed by atoms with Crippen molar-refractivity contribution >= 4 is 29.2 Å². The van der Waals surface area contributed by atoms with Gasteiger partial charge in [0.1, 0.15) is 11.0 Å². The van der Waals surface area contributed by atoms with Crippen molar-refractivity contribution in [3.63, 3.8) is 0 Å². The summed E-state index contributed by atoms with van der Waals surface area (Å²) in [6.07, 6.45) is 1.75. The molecule has 1 aromatic heterocycles. The van der Waals surface area contributed by atoms with Crippen LogP contribution >= 0.6 is 23.4 Å². The summed E-state index contributed by atoms with van der Waals surface area (Å²) in [4.78, 5) is 10.6. The predicted molar refractivity (Wildman–Crippen MR) is 67.9 cm³/mol. The Morgan fingerprint density at radius 3 is 3.18 bits per heavy atom. The van der Waals surface area contributed by atoms with E-state index in [1.807, 2.05) is 6.26 Å². The van der Waals surface area contributed by atoms with Crippen molar-refractivity contribution in [2.45, 2.75) is 11.3 Å². The maximum Gasteiger partial charge on any atom is 0.190 e. The summed E-state index contributed by atoms with van der Waals surface area (Å²) in [5.74, 6) is 0.788. The maximum absolute atomic E-state index is 9.10. The van der Waals surface area contributed by atoms with E-state index >= 15 is 0 Å². The van der Waals surface area contributed by atoms with Gasteiger partial charge in [-0.25, -0.2) is 9.97 Å². The Balaban J connectivity index is 2.18. The molecule has 1 saturated heterocycles. The van der Waals surface area contributed by atoms with E-state index in [4.69, 9.17) is 21.4 Å². The molecule has 0 amide bonds. The minimum Gasteiger partial charge on any atom is -0.394 e. The van der Waals surface area contributed by atoms with Gasteiger partial charge in [0.2, 0.25) is 0 Å². The average Bonchev–Trinajstić information content (AvgIpc) is 2.38. The first-order valence-corrected chi connectivity index (χ1v) is 6.89. The molecule has 0 aliphatic carbocycles. The number of ether oxygens (including phenoxy) is 1. The minimum atomic E-state index is -0.157. The molecule has 5 nitrogen and oxygen atoms in total. The molecule has 1 aliphatic rings. The number of hydrogen-bond donors (Lipinski definition) is 1. The molecular weight excluding hydrogens is 262 g/mol. The zero-order chi connectivity index (χ0) is 12.3. The number of anilines is 1. The van der Waals surface area contributed by atoms with Gasteiger partial charge in [0.25, 0.3) is 0 Å². The van der Waals surface area contributed by atoms with E-state index in [0.29, 0.717) is 23.5 Å². The highest BCUT2D eigenvalue weighted by molar-refractivity contribution is 7.98. The molecule has 0 radical (unpaired) electrons. The molecule has 0 aromatic carbocycles. The van der Waals surface area contributed by atoms with E-state index in [2.05, 4.69) is 14.9 Å². The van der Waals surface area contributed by atoms with Gasteiger partial charge in [-0.2, -0.15) is 0 Å². The minimum absolute atomic E-state index is 0.0186. The number of halogens is 1. The van der Waals surface area contributed by atoms with Crippen molar-refractivity contribution in [1.29, 1.82) is 0 Å². The Kier molecular flexibility index (Phi) is 4.44. The molecule has 2 rings (SSSR count). The highest BCUT2D eigenvalue weighted by Gasteiger charge is 2.21. The number of aromatic nitrogens is 2. The quantitative estimate of drug-likeness (QED) is 0.506. The lowest BCUT2D eigenvalue weighted by Crippen LogP contribution is -2.44. The highest BCUT2D eigenvalue weighted by atomic mass is 35.5. The molecule has 1 N–H and O–H groups in total. The summed E-state index contributed by atoms with van der Waals surface area (Å²) in [6.45, 7) is 1.97. The molecule has 1 aliphatic heterocycles. The van der Waals surface area contributed by atoms with Crippen LogP contribution in [-0.2, 0) is 4.74 Å². The fraction of sp³-hybridized carbons (Fsp3) is 0.600. The Labute approximate surface area is 109 Å². The third-order valence-electron chi connectivity index (χ3n) is 2.51. The summed E-state index contributed by atoms with van der Waals surface area (Å²) in [7, 11) is 0. The van der Waals surface area contributed by atoms with Crippen LogP contribution in [0.5, 0.6) is 0 Å². The molecule has 1 unspecified atom stereocenters. The monoisotopic (exact) mass is 275 g/mol. The number of nitrogens with zero attached hydrogens (tertiary/aromatic N) is 3. The van der Waals surface area contributed by atoms with Gasteiger partial charge in [-0.05, 0) is 6.26 Å². The van der Waals surface area contributed by atoms with Gasteiger partial charge in [-0.3, -0.25) is 0 Å². The van der Waals surface area contributed by atoms with Crippen LogP contribution < -0.4 is 4.90 Å². The summed E-state index contributed by atoms with van der Waals surface area (Å²) >= 11 is 7.40. The number of rotatable bonds is 3. The Bertz CT molecular complexity index is 394. The van der Waals surface area contributed by atoms with Gasteiger partial charge >= 0.3 is 0 Å². The van der Waals surface area contributed by atoms with E-state index < -0.39 is 0 Å². The second-order valence-corrected chi connectivity index (χ2v) is 4.82. The van der Waals surface area contributed by atoms with Crippen LogP contribution in [0.15, 0.2) is 11.2 Å². The highest BCUT2D eigenvalue weighted by Crippen LogP contribution is 2.21. The van der Waals surface area contributed by atoms with Crippen molar-refractivity contribution in [3.05, 3.63) is 11.2 Å². The Morgan fingerprint density at radius 1 is 1.65 bits per heavy atom. The first kappa shape index (κ1) is 12.9. The molecule has 7 heteroatoms. The standard InChI is InChI=1S/C10H14ClN3O2S/c1-17-10-12-8(11)4-9(13-10)14-2-3-16-7(5-14)6-15/h4,7,15H,2-3,5-6H2,1H3. The third kappa shape index (κ3) is 3.22. The maximum atomic E-state index is 9.10. The van der Waals surface area contributed by atoms with Crippen molar-refractivity contribution in [1.82, 2.24) is 9.97 Å². The van der Waals surface area contributed by atoms with Gasteiger partial charge < -0.3 is 14.7 Å². The van der Waals surface area contributed by atoms with Crippen LogP contribution in [0.1, 0.15) is 0 Å². The molecule has 2 heterocycles. The van der Waals surface area contributed by atoms with Crippen molar-refractivity contribution in [2.75, 3.05) is 37.5 Å². The van der Waals surface area contributed by atoms with E-state index in [9.17, 15) is 0 Å². The Morgan fingerprint density at radius 2 is 2.47 bits per heavy atom. The number of morpholine rings is 1. The fourth-order valence-corrected chi connectivity index (χ4v) is 2.28. The van der Waals surface area contributed by atoms with E-state index in [1.165, 1.54) is 11.8 Å². The first-order valence-electron chi connectivity index (χ1n) is 5.29. The van der Waals surface area contributed by atoms with Gasteiger partial charge in [-0.15, -0.1) is 0 Å². The van der Waals surface area contributed by atoms with Gasteiger partial charge in [-0.1, -0.05) is 23.4 Å². The summed E-state index contributed by atoms with van der Waals surface area (Å²) in [5.41, 5.74) is 0. The second-order valence-electron chi connectivity index (χ2n) is 3.66. The summed E-state index contributed by atoms with van der Waals surface area (Å²) in [5, 5.41) is 10.2. The topological polar surface area (TPSA) is 58.5 Å². The van der Waals surface area contributed by atoms with E-state index in [1.54, 1.807) is 6.07 Å². The lowest BCUT2D eigenvalue weighted by atomic mass is 10.3. The molecule has 0 saturated carbocycles. The Hall–Kier alpha value is -0.560. The molecule has 1 atom stereocenters. The number of hydrogen-bond acceptors (Lipinski definition) is 6. The van der Waals surface area contributed by atoms with Crippen molar-refractivity contribution in [2.24, 2.45) is 0 Å². The first-order chi connectivity index (χ1) is 8.22. The molecule has 1 aromatic rings. The van der Waals surface area contributed by atoms with Gasteiger partial charge in [0, 0.05) is 19.2 Å². The fourth-order valence-electron chi connectivity index (χ4n) is 1.68. The smallest absolute Gasteiger partial charge is 0.190 e. The third-order valence-corrected chi connectivity index (χ3v) is 3.25. The van der Waals surface area contributed by atoms with Crippen LogP contribution in [0.25, 0.3) is 0 Å². The zero-order valence-corrected chi connectivity index (χ0v) is 11.0. The molecule has 1 fully saturated rings.